The number of carbonyl (C=O) groups excluding carboxylic acids is 1. The molecule has 1 amide bonds. The second-order valence-electron chi connectivity index (χ2n) is 8.22. The molecule has 4 rings (SSSR count). The van der Waals surface area contributed by atoms with E-state index in [9.17, 15) is 13.2 Å². The van der Waals surface area contributed by atoms with Crippen LogP contribution in [0.25, 0.3) is 0 Å². The number of carbonyl (C=O) groups is 1. The second-order valence-corrected chi connectivity index (χ2v) is 10.2. The molecule has 1 aliphatic rings. The lowest BCUT2D eigenvalue weighted by molar-refractivity contribution is -0.132. The van der Waals surface area contributed by atoms with Crippen LogP contribution in [0, 0.1) is 6.92 Å². The topological polar surface area (TPSA) is 57.7 Å². The normalized spacial score (nSPS) is 13.8. The van der Waals surface area contributed by atoms with Crippen molar-refractivity contribution in [2.24, 2.45) is 0 Å². The second kappa shape index (κ2) is 9.67. The van der Waals surface area contributed by atoms with Crippen LogP contribution in [0.5, 0.6) is 0 Å². The van der Waals surface area contributed by atoms with Crippen molar-refractivity contribution in [1.29, 1.82) is 0 Å². The van der Waals surface area contributed by atoms with Gasteiger partial charge in [-0.15, -0.1) is 0 Å². The van der Waals surface area contributed by atoms with Gasteiger partial charge < -0.3 is 4.90 Å². The molecule has 0 atom stereocenters. The van der Waals surface area contributed by atoms with Gasteiger partial charge in [-0.25, -0.2) is 8.42 Å². The van der Waals surface area contributed by atoms with Crippen LogP contribution in [0.4, 0.5) is 0 Å². The molecule has 0 saturated carbocycles. The van der Waals surface area contributed by atoms with Crippen LogP contribution >= 0.6 is 0 Å². The van der Waals surface area contributed by atoms with Crippen molar-refractivity contribution >= 4 is 15.9 Å². The fourth-order valence-electron chi connectivity index (χ4n) is 4.00. The van der Waals surface area contributed by atoms with Crippen LogP contribution in [-0.2, 0) is 34.2 Å². The Hall–Kier alpha value is -2.96. The molecular weight excluding hydrogens is 420 g/mol. The monoisotopic (exact) mass is 448 g/mol. The lowest BCUT2D eigenvalue weighted by Crippen LogP contribution is -2.45. The van der Waals surface area contributed by atoms with E-state index in [0.29, 0.717) is 19.5 Å². The van der Waals surface area contributed by atoms with Gasteiger partial charge in [0.2, 0.25) is 15.9 Å². The molecule has 3 aromatic carbocycles. The van der Waals surface area contributed by atoms with E-state index in [4.69, 9.17) is 0 Å². The van der Waals surface area contributed by atoms with Crippen molar-refractivity contribution in [3.05, 3.63) is 101 Å². The average molecular weight is 449 g/mol. The maximum atomic E-state index is 13.4. The molecule has 166 valence electrons. The zero-order valence-electron chi connectivity index (χ0n) is 18.3. The Kier molecular flexibility index (Phi) is 6.72. The van der Waals surface area contributed by atoms with E-state index in [1.165, 1.54) is 9.87 Å². The molecule has 32 heavy (non-hydrogen) atoms. The maximum Gasteiger partial charge on any atom is 0.243 e. The molecule has 5 nitrogen and oxygen atoms in total. The third-order valence-electron chi connectivity index (χ3n) is 5.95. The summed E-state index contributed by atoms with van der Waals surface area (Å²) in [6.07, 6.45) is 1.33. The maximum absolute atomic E-state index is 13.4. The summed E-state index contributed by atoms with van der Waals surface area (Å²) < 4.78 is 28.2. The lowest BCUT2D eigenvalue weighted by Gasteiger charge is -2.31. The smallest absolute Gasteiger partial charge is 0.243 e. The molecule has 0 radical (unpaired) electrons. The first-order chi connectivity index (χ1) is 15.4. The number of hydrogen-bond donors (Lipinski definition) is 0. The summed E-state index contributed by atoms with van der Waals surface area (Å²) in [5.74, 6) is -0.164. The van der Waals surface area contributed by atoms with Gasteiger partial charge in [-0.2, -0.15) is 4.31 Å². The average Bonchev–Trinajstić information content (AvgIpc) is 2.82. The van der Waals surface area contributed by atoms with Crippen LogP contribution < -0.4 is 0 Å². The van der Waals surface area contributed by atoms with E-state index < -0.39 is 10.0 Å². The van der Waals surface area contributed by atoms with E-state index in [-0.39, 0.29) is 23.9 Å². The molecule has 0 saturated heterocycles. The number of fused-ring (bicyclic) bond motifs is 1. The highest BCUT2D eigenvalue weighted by atomic mass is 32.2. The fraction of sp³-hybridized carbons (Fsp3) is 0.269. The Morgan fingerprint density at radius 3 is 2.28 bits per heavy atom. The molecule has 3 aromatic rings. The van der Waals surface area contributed by atoms with E-state index in [1.54, 1.807) is 29.2 Å². The van der Waals surface area contributed by atoms with Crippen LogP contribution in [-0.4, -0.2) is 43.2 Å². The summed E-state index contributed by atoms with van der Waals surface area (Å²) in [7, 11) is -3.80. The van der Waals surface area contributed by atoms with Gasteiger partial charge in [-0.3, -0.25) is 4.79 Å². The number of rotatable bonds is 7. The summed E-state index contributed by atoms with van der Waals surface area (Å²) in [4.78, 5) is 15.2. The van der Waals surface area contributed by atoms with Crippen LogP contribution in [0.1, 0.15) is 22.3 Å². The summed E-state index contributed by atoms with van der Waals surface area (Å²) in [6, 6.07) is 24.6. The highest BCUT2D eigenvalue weighted by molar-refractivity contribution is 7.89. The van der Waals surface area contributed by atoms with Crippen molar-refractivity contribution in [3.8, 4) is 0 Å². The minimum absolute atomic E-state index is 0.161. The zero-order valence-corrected chi connectivity index (χ0v) is 19.1. The number of benzene rings is 3. The van der Waals surface area contributed by atoms with Gasteiger partial charge in [0.05, 0.1) is 11.4 Å². The predicted octanol–water partition coefficient (Wildman–Crippen LogP) is 3.81. The van der Waals surface area contributed by atoms with Crippen LogP contribution in [0.15, 0.2) is 83.8 Å². The Morgan fingerprint density at radius 2 is 1.56 bits per heavy atom. The molecule has 6 heteroatoms. The Morgan fingerprint density at radius 1 is 0.906 bits per heavy atom. The standard InChI is InChI=1S/C26H28N2O3S/c1-21-11-13-25(14-12-21)32(30,31)28(18-15-22-7-3-2-4-8-22)20-26(29)27-17-16-23-9-5-6-10-24(23)19-27/h2-14H,15-20H2,1H3. The number of nitrogens with zero attached hydrogens (tertiary/aromatic N) is 2. The summed E-state index contributed by atoms with van der Waals surface area (Å²) in [6.45, 7) is 3.13. The highest BCUT2D eigenvalue weighted by Crippen LogP contribution is 2.21. The van der Waals surface area contributed by atoms with E-state index >= 15 is 0 Å². The molecule has 0 unspecified atom stereocenters. The van der Waals surface area contributed by atoms with Crippen LogP contribution in [0.3, 0.4) is 0 Å². The molecule has 0 aliphatic carbocycles. The number of amides is 1. The minimum atomic E-state index is -3.80. The van der Waals surface area contributed by atoms with Crippen molar-refractivity contribution in [3.63, 3.8) is 0 Å². The van der Waals surface area contributed by atoms with Crippen molar-refractivity contribution < 1.29 is 13.2 Å². The van der Waals surface area contributed by atoms with Gasteiger partial charge >= 0.3 is 0 Å². The van der Waals surface area contributed by atoms with Gasteiger partial charge in [0.1, 0.15) is 0 Å². The fourth-order valence-corrected chi connectivity index (χ4v) is 5.39. The molecule has 0 bridgehead atoms. The third-order valence-corrected chi connectivity index (χ3v) is 7.81. The Bertz CT molecular complexity index is 1180. The highest BCUT2D eigenvalue weighted by Gasteiger charge is 2.29. The summed E-state index contributed by atoms with van der Waals surface area (Å²) >= 11 is 0. The SMILES string of the molecule is Cc1ccc(S(=O)(=O)N(CCc2ccccc2)CC(=O)N2CCc3ccccc3C2)cc1. The van der Waals surface area contributed by atoms with E-state index in [1.807, 2.05) is 55.5 Å². The van der Waals surface area contributed by atoms with Gasteiger partial charge in [0.15, 0.2) is 0 Å². The molecule has 0 spiro atoms. The van der Waals surface area contributed by atoms with Gasteiger partial charge in [-0.05, 0) is 48.6 Å². The van der Waals surface area contributed by atoms with Gasteiger partial charge in [-0.1, -0.05) is 72.3 Å². The Balaban J connectivity index is 1.54. The first kappa shape index (κ1) is 22.2. The summed E-state index contributed by atoms with van der Waals surface area (Å²) in [5.41, 5.74) is 4.41. The molecule has 0 aromatic heterocycles. The molecule has 1 aliphatic heterocycles. The van der Waals surface area contributed by atoms with Gasteiger partial charge in [0.25, 0.3) is 0 Å². The number of sulfonamides is 1. The first-order valence-corrected chi connectivity index (χ1v) is 12.3. The third kappa shape index (κ3) is 5.09. The van der Waals surface area contributed by atoms with Crippen molar-refractivity contribution in [1.82, 2.24) is 9.21 Å². The predicted molar refractivity (Wildman–Crippen MR) is 126 cm³/mol. The molecular formula is C26H28N2O3S. The molecule has 0 fully saturated rings. The van der Waals surface area contributed by atoms with E-state index in [2.05, 4.69) is 6.07 Å². The zero-order chi connectivity index (χ0) is 22.6. The number of hydrogen-bond acceptors (Lipinski definition) is 3. The van der Waals surface area contributed by atoms with E-state index in [0.717, 1.165) is 23.1 Å². The molecule has 1 heterocycles. The lowest BCUT2D eigenvalue weighted by atomic mass is 10.00. The van der Waals surface area contributed by atoms with Crippen molar-refractivity contribution in [2.45, 2.75) is 31.2 Å². The largest absolute Gasteiger partial charge is 0.337 e. The van der Waals surface area contributed by atoms with Crippen molar-refractivity contribution in [2.75, 3.05) is 19.6 Å². The summed E-state index contributed by atoms with van der Waals surface area (Å²) in [5, 5.41) is 0. The first-order valence-electron chi connectivity index (χ1n) is 10.9. The minimum Gasteiger partial charge on any atom is -0.337 e. The molecule has 0 N–H and O–H groups in total. The van der Waals surface area contributed by atoms with Gasteiger partial charge in [0, 0.05) is 19.6 Å². The van der Waals surface area contributed by atoms with Crippen LogP contribution in [0.2, 0.25) is 0 Å². The number of aryl methyl sites for hydroxylation is 1. The quantitative estimate of drug-likeness (QED) is 0.552. The Labute approximate surface area is 190 Å².